The third kappa shape index (κ3) is 1.26. The van der Waals surface area contributed by atoms with Gasteiger partial charge in [-0.15, -0.1) is 11.3 Å². The van der Waals surface area contributed by atoms with Crippen molar-refractivity contribution in [3.05, 3.63) is 34.7 Å². The highest BCUT2D eigenvalue weighted by atomic mass is 32.1. The summed E-state index contributed by atoms with van der Waals surface area (Å²) < 4.78 is 2.59. The Balaban J connectivity index is 1.70. The zero-order valence-corrected chi connectivity index (χ0v) is 12.0. The second kappa shape index (κ2) is 3.54. The first-order valence-electron chi connectivity index (χ1n) is 7.62. The molecule has 1 atom stereocenters. The molecular weight excluding hydrogens is 250 g/mol. The summed E-state index contributed by atoms with van der Waals surface area (Å²) in [5, 5.41) is 2.29. The van der Waals surface area contributed by atoms with Gasteiger partial charge in [-0.05, 0) is 73.4 Å². The third-order valence-electron chi connectivity index (χ3n) is 6.01. The van der Waals surface area contributed by atoms with Crippen LogP contribution in [-0.4, -0.2) is 4.57 Å². The lowest BCUT2D eigenvalue weighted by atomic mass is 9.57. The van der Waals surface area contributed by atoms with Gasteiger partial charge in [0.15, 0.2) is 0 Å². The van der Waals surface area contributed by atoms with E-state index in [2.05, 4.69) is 34.3 Å². The topological polar surface area (TPSA) is 4.93 Å². The summed E-state index contributed by atoms with van der Waals surface area (Å²) in [7, 11) is 0. The molecule has 1 aliphatic heterocycles. The minimum Gasteiger partial charge on any atom is -0.339 e. The first-order chi connectivity index (χ1) is 9.37. The third-order valence-corrected chi connectivity index (χ3v) is 6.98. The fourth-order valence-electron chi connectivity index (χ4n) is 4.98. The molecule has 1 nitrogen and oxygen atoms in total. The predicted molar refractivity (Wildman–Crippen MR) is 79.5 cm³/mol. The minimum atomic E-state index is 0.568. The van der Waals surface area contributed by atoms with E-state index < -0.39 is 0 Å². The summed E-state index contributed by atoms with van der Waals surface area (Å²) in [5.74, 6) is 1.05. The second-order valence-corrected chi connectivity index (χ2v) is 7.69. The molecule has 0 N–H and O–H groups in total. The molecule has 0 saturated heterocycles. The van der Waals surface area contributed by atoms with E-state index >= 15 is 0 Å². The van der Waals surface area contributed by atoms with Crippen LogP contribution < -0.4 is 0 Å². The van der Waals surface area contributed by atoms with Crippen molar-refractivity contribution in [2.45, 2.75) is 44.6 Å². The van der Waals surface area contributed by atoms with Crippen LogP contribution in [0.25, 0.3) is 11.3 Å². The van der Waals surface area contributed by atoms with Crippen molar-refractivity contribution in [3.8, 4) is 11.3 Å². The van der Waals surface area contributed by atoms with Crippen LogP contribution in [0, 0.1) is 11.3 Å². The van der Waals surface area contributed by atoms with Crippen molar-refractivity contribution in [1.82, 2.24) is 4.57 Å². The Morgan fingerprint density at radius 3 is 2.68 bits per heavy atom. The fourth-order valence-corrected chi connectivity index (χ4v) is 6.13. The monoisotopic (exact) mass is 269 g/mol. The zero-order valence-electron chi connectivity index (χ0n) is 11.1. The molecule has 3 saturated carbocycles. The first kappa shape index (κ1) is 10.7. The molecule has 2 aromatic rings. The van der Waals surface area contributed by atoms with Crippen molar-refractivity contribution in [2.75, 3.05) is 0 Å². The van der Waals surface area contributed by atoms with Gasteiger partial charge in [-0.3, -0.25) is 0 Å². The van der Waals surface area contributed by atoms with Crippen molar-refractivity contribution in [1.29, 1.82) is 0 Å². The second-order valence-electron chi connectivity index (χ2n) is 6.75. The molecule has 6 rings (SSSR count). The molecule has 0 aromatic carbocycles. The molecular formula is C17H19NS. The quantitative estimate of drug-likeness (QED) is 0.679. The highest BCUT2D eigenvalue weighted by molar-refractivity contribution is 7.10. The summed E-state index contributed by atoms with van der Waals surface area (Å²) in [4.78, 5) is 1.65. The minimum absolute atomic E-state index is 0.568. The zero-order chi connectivity index (χ0) is 12.4. The van der Waals surface area contributed by atoms with E-state index in [1.165, 1.54) is 49.8 Å². The Bertz CT molecular complexity index is 573. The van der Waals surface area contributed by atoms with Crippen molar-refractivity contribution < 1.29 is 0 Å². The van der Waals surface area contributed by atoms with Gasteiger partial charge < -0.3 is 4.57 Å². The van der Waals surface area contributed by atoms with E-state index in [1.807, 2.05) is 11.3 Å². The molecule has 3 fully saturated rings. The predicted octanol–water partition coefficient (Wildman–Crippen LogP) is 5.09. The van der Waals surface area contributed by atoms with Gasteiger partial charge in [-0.1, -0.05) is 0 Å². The number of aromatic nitrogens is 1. The lowest BCUT2D eigenvalue weighted by molar-refractivity contribution is 0.0315. The highest BCUT2D eigenvalue weighted by Crippen LogP contribution is 2.61. The van der Waals surface area contributed by atoms with Crippen LogP contribution in [0.2, 0.25) is 0 Å². The van der Waals surface area contributed by atoms with E-state index in [4.69, 9.17) is 0 Å². The Kier molecular flexibility index (Phi) is 2.00. The molecule has 2 bridgehead atoms. The van der Waals surface area contributed by atoms with Crippen LogP contribution in [-0.2, 0) is 0 Å². The van der Waals surface area contributed by atoms with Gasteiger partial charge in [0.1, 0.15) is 0 Å². The molecule has 98 valence electrons. The normalized spacial score (nSPS) is 35.4. The lowest BCUT2D eigenvalue weighted by Gasteiger charge is -2.50. The Labute approximate surface area is 118 Å². The van der Waals surface area contributed by atoms with Gasteiger partial charge in [-0.25, -0.2) is 0 Å². The van der Waals surface area contributed by atoms with E-state index in [1.54, 1.807) is 4.88 Å². The van der Waals surface area contributed by atoms with Gasteiger partial charge in [0, 0.05) is 22.3 Å². The average Bonchev–Trinajstić information content (AvgIpc) is 3.12. The molecule has 0 radical (unpaired) electrons. The van der Waals surface area contributed by atoms with Gasteiger partial charge in [0.05, 0.1) is 6.04 Å². The SMILES string of the molecule is c1cc2n(c1)C(C13CCC(CC1)CC3)c1sccc1-2. The van der Waals surface area contributed by atoms with Crippen LogP contribution in [0.5, 0.6) is 0 Å². The molecule has 3 aliphatic carbocycles. The van der Waals surface area contributed by atoms with Crippen molar-refractivity contribution in [2.24, 2.45) is 11.3 Å². The molecule has 4 aliphatic rings. The number of nitrogens with zero attached hydrogens (tertiary/aromatic N) is 1. The Hall–Kier alpha value is -1.02. The van der Waals surface area contributed by atoms with Crippen molar-refractivity contribution >= 4 is 11.3 Å². The summed E-state index contributed by atoms with van der Waals surface area (Å²) in [5.41, 5.74) is 3.55. The average molecular weight is 269 g/mol. The number of hydrogen-bond donors (Lipinski definition) is 0. The smallest absolute Gasteiger partial charge is 0.0741 e. The first-order valence-corrected chi connectivity index (χ1v) is 8.50. The molecule has 19 heavy (non-hydrogen) atoms. The maximum atomic E-state index is 2.59. The number of hydrogen-bond acceptors (Lipinski definition) is 1. The fraction of sp³-hybridized carbons (Fsp3) is 0.529. The Morgan fingerprint density at radius 1 is 1.11 bits per heavy atom. The van der Waals surface area contributed by atoms with Gasteiger partial charge in [0.2, 0.25) is 0 Å². The number of rotatable bonds is 1. The van der Waals surface area contributed by atoms with E-state index in [0.29, 0.717) is 11.5 Å². The highest BCUT2D eigenvalue weighted by Gasteiger charge is 2.50. The van der Waals surface area contributed by atoms with Crippen LogP contribution >= 0.6 is 11.3 Å². The largest absolute Gasteiger partial charge is 0.339 e. The van der Waals surface area contributed by atoms with Crippen LogP contribution in [0.4, 0.5) is 0 Å². The van der Waals surface area contributed by atoms with Gasteiger partial charge in [0.25, 0.3) is 0 Å². The summed E-state index contributed by atoms with van der Waals surface area (Å²) >= 11 is 1.99. The molecule has 2 heteroatoms. The number of thiophene rings is 1. The van der Waals surface area contributed by atoms with Crippen LogP contribution in [0.3, 0.4) is 0 Å². The standard InChI is InChI=1S/C17H19NS/c1-2-14-13-6-11-19-15(13)16(18(14)10-1)17-7-3-12(4-8-17)5-9-17/h1-2,6,10-12,16H,3-5,7-9H2. The van der Waals surface area contributed by atoms with Gasteiger partial charge >= 0.3 is 0 Å². The molecule has 0 amide bonds. The van der Waals surface area contributed by atoms with Crippen molar-refractivity contribution in [3.63, 3.8) is 0 Å². The maximum Gasteiger partial charge on any atom is 0.0741 e. The summed E-state index contributed by atoms with van der Waals surface area (Å²) in [6.07, 6.45) is 11.1. The molecule has 0 spiro atoms. The molecule has 2 aromatic heterocycles. The maximum absolute atomic E-state index is 2.59. The van der Waals surface area contributed by atoms with Crippen LogP contribution in [0.15, 0.2) is 29.8 Å². The van der Waals surface area contributed by atoms with E-state index in [-0.39, 0.29) is 0 Å². The van der Waals surface area contributed by atoms with E-state index in [0.717, 1.165) is 5.92 Å². The lowest BCUT2D eigenvalue weighted by Crippen LogP contribution is -2.40. The van der Waals surface area contributed by atoms with Gasteiger partial charge in [-0.2, -0.15) is 0 Å². The molecule has 3 heterocycles. The van der Waals surface area contributed by atoms with E-state index in [9.17, 15) is 0 Å². The number of fused-ring (bicyclic) bond motifs is 6. The summed E-state index contributed by atoms with van der Waals surface area (Å²) in [6.45, 7) is 0. The Morgan fingerprint density at radius 2 is 1.89 bits per heavy atom. The van der Waals surface area contributed by atoms with Crippen LogP contribution in [0.1, 0.15) is 49.4 Å². The molecule has 1 unspecified atom stereocenters. The summed E-state index contributed by atoms with van der Waals surface area (Å²) in [6, 6.07) is 7.51.